The highest BCUT2D eigenvalue weighted by Crippen LogP contribution is 2.01. The Morgan fingerprint density at radius 2 is 1.54 bits per heavy atom. The molecule has 0 spiro atoms. The molecule has 11 N–H and O–H groups in total. The van der Waals surface area contributed by atoms with Crippen LogP contribution in [0.2, 0.25) is 0 Å². The average molecular weight is 411 g/mol. The van der Waals surface area contributed by atoms with Crippen LogP contribution >= 0.6 is 0 Å². The maximum absolute atomic E-state index is 11.4. The number of carbonyl (C=O) groups excluding carboxylic acids is 3. The fourth-order valence-corrected chi connectivity index (χ4v) is 1.57. The fraction of sp³-hybridized carbons (Fsp3) is 0.733. The Hall–Kier alpha value is -2.16. The van der Waals surface area contributed by atoms with Crippen molar-refractivity contribution < 1.29 is 49.8 Å². The van der Waals surface area contributed by atoms with Crippen LogP contribution in [0.15, 0.2) is 0 Å². The Bertz CT molecular complexity index is 528. The summed E-state index contributed by atoms with van der Waals surface area (Å²) >= 11 is 0. The summed E-state index contributed by atoms with van der Waals surface area (Å²) in [6.07, 6.45) is -5.67. The second-order valence-corrected chi connectivity index (χ2v) is 6.15. The number of carboxylic acid groups (broad SMARTS) is 1. The van der Waals surface area contributed by atoms with Gasteiger partial charge in [-0.2, -0.15) is 0 Å². The summed E-state index contributed by atoms with van der Waals surface area (Å²) in [5.41, 5.74) is 10.4. The fourth-order valence-electron chi connectivity index (χ4n) is 1.57. The molecule has 0 aromatic heterocycles. The number of aliphatic carboxylic acids is 1. The van der Waals surface area contributed by atoms with Crippen molar-refractivity contribution in [3.05, 3.63) is 0 Å². The third kappa shape index (κ3) is 10.9. The van der Waals surface area contributed by atoms with Gasteiger partial charge in [-0.15, -0.1) is 0 Å². The van der Waals surface area contributed by atoms with Gasteiger partial charge in [-0.25, -0.2) is 4.79 Å². The van der Waals surface area contributed by atoms with Crippen LogP contribution in [0.4, 0.5) is 0 Å². The van der Waals surface area contributed by atoms with E-state index in [0.717, 1.165) is 0 Å². The molecule has 0 aromatic carbocycles. The van der Waals surface area contributed by atoms with Gasteiger partial charge in [0.1, 0.15) is 31.0 Å². The molecule has 0 aromatic rings. The number of ketones is 1. The molecule has 0 aliphatic rings. The van der Waals surface area contributed by atoms with Gasteiger partial charge >= 0.3 is 5.97 Å². The predicted molar refractivity (Wildman–Crippen MR) is 93.4 cm³/mol. The zero-order valence-corrected chi connectivity index (χ0v) is 15.6. The Balaban J connectivity index is 0. The molecule has 0 saturated carbocycles. The van der Waals surface area contributed by atoms with Crippen LogP contribution in [0.3, 0.4) is 0 Å². The molecule has 0 bridgehead atoms. The number of nitrogens with one attached hydrogen (secondary N) is 1. The third-order valence-electron chi connectivity index (χ3n) is 3.43. The quantitative estimate of drug-likeness (QED) is 0.155. The summed E-state index contributed by atoms with van der Waals surface area (Å²) in [6.45, 7) is 1.77. The summed E-state index contributed by atoms with van der Waals surface area (Å²) in [6, 6.07) is -2.13. The third-order valence-corrected chi connectivity index (χ3v) is 3.43. The van der Waals surface area contributed by atoms with E-state index in [9.17, 15) is 19.2 Å². The van der Waals surface area contributed by atoms with Crippen molar-refractivity contribution in [1.29, 1.82) is 0 Å². The highest BCUT2D eigenvalue weighted by molar-refractivity contribution is 5.90. The van der Waals surface area contributed by atoms with Crippen LogP contribution in [0.5, 0.6) is 0 Å². The summed E-state index contributed by atoms with van der Waals surface area (Å²) in [7, 11) is 0. The normalized spacial score (nSPS) is 16.0. The lowest BCUT2D eigenvalue weighted by Gasteiger charge is -2.19. The second kappa shape index (κ2) is 13.9. The molecule has 0 fully saturated rings. The van der Waals surface area contributed by atoms with E-state index < -0.39 is 73.6 Å². The number of carboxylic acids is 1. The Labute approximate surface area is 160 Å². The van der Waals surface area contributed by atoms with Crippen molar-refractivity contribution in [3.63, 3.8) is 0 Å². The zero-order valence-electron chi connectivity index (χ0n) is 15.6. The number of nitrogens with two attached hydrogens (primary N) is 2. The largest absolute Gasteiger partial charge is 0.480 e. The molecule has 0 saturated heterocycles. The van der Waals surface area contributed by atoms with Gasteiger partial charge in [0.2, 0.25) is 11.8 Å². The maximum atomic E-state index is 11.4. The minimum absolute atomic E-state index is 0.122. The van der Waals surface area contributed by atoms with Gasteiger partial charge in [-0.1, -0.05) is 13.8 Å². The monoisotopic (exact) mass is 411 g/mol. The maximum Gasteiger partial charge on any atom is 0.326 e. The molecule has 5 atom stereocenters. The lowest BCUT2D eigenvalue weighted by Crippen LogP contribution is -2.51. The van der Waals surface area contributed by atoms with Gasteiger partial charge in [0.25, 0.3) is 0 Å². The highest BCUT2D eigenvalue weighted by atomic mass is 16.4. The van der Waals surface area contributed by atoms with Gasteiger partial charge < -0.3 is 47.4 Å². The first-order chi connectivity index (χ1) is 12.8. The number of aliphatic hydroxyl groups is 5. The number of rotatable bonds is 11. The van der Waals surface area contributed by atoms with Crippen LogP contribution in [0, 0.1) is 5.92 Å². The van der Waals surface area contributed by atoms with Crippen molar-refractivity contribution in [2.45, 2.75) is 50.7 Å². The number of carbonyl (C=O) groups is 4. The van der Waals surface area contributed by atoms with E-state index in [4.69, 9.17) is 42.1 Å². The predicted octanol–water partition coefficient (Wildman–Crippen LogP) is -4.96. The minimum atomic E-state index is -1.86. The van der Waals surface area contributed by atoms with Gasteiger partial charge in [-0.3, -0.25) is 14.4 Å². The minimum Gasteiger partial charge on any atom is -0.480 e. The van der Waals surface area contributed by atoms with Crippen molar-refractivity contribution in [2.24, 2.45) is 17.4 Å². The lowest BCUT2D eigenvalue weighted by atomic mass is 10.0. The van der Waals surface area contributed by atoms with Gasteiger partial charge in [0.15, 0.2) is 5.78 Å². The molecule has 0 heterocycles. The smallest absolute Gasteiger partial charge is 0.326 e. The standard InChI is InChI=1S/C9H17N3O4.C6H12O6/c1-4(2)7(11)8(14)12-5(9(15)16)3-6(10)13;7-1-3(9)5(11)6(12)4(10)2-8/h4-5,7H,3,11H2,1-2H3,(H2,10,13)(H,12,14)(H,15,16);3,5-9,11-12H,1-2H2. The number of hydrogen-bond donors (Lipinski definition) is 9. The highest BCUT2D eigenvalue weighted by Gasteiger charge is 2.29. The summed E-state index contributed by atoms with van der Waals surface area (Å²) in [5, 5.41) is 54.0. The Kier molecular flexibility index (Phi) is 14.0. The van der Waals surface area contributed by atoms with Gasteiger partial charge in [0, 0.05) is 0 Å². The van der Waals surface area contributed by atoms with Crippen molar-refractivity contribution in [3.8, 4) is 0 Å². The molecule has 0 aliphatic carbocycles. The van der Waals surface area contributed by atoms with Crippen LogP contribution in [-0.2, 0) is 19.2 Å². The van der Waals surface area contributed by atoms with Gasteiger partial charge in [0.05, 0.1) is 19.1 Å². The summed E-state index contributed by atoms with van der Waals surface area (Å²) in [5.74, 6) is -3.85. The molecule has 164 valence electrons. The molecule has 5 unspecified atom stereocenters. The number of hydrogen-bond acceptors (Lipinski definition) is 10. The van der Waals surface area contributed by atoms with Crippen LogP contribution in [-0.4, -0.2) is 97.8 Å². The lowest BCUT2D eigenvalue weighted by molar-refractivity contribution is -0.143. The Morgan fingerprint density at radius 1 is 1.04 bits per heavy atom. The van der Waals surface area contributed by atoms with Crippen LogP contribution in [0.1, 0.15) is 20.3 Å². The molecule has 13 heteroatoms. The van der Waals surface area contributed by atoms with Crippen molar-refractivity contribution in [2.75, 3.05) is 13.2 Å². The van der Waals surface area contributed by atoms with E-state index in [1.165, 1.54) is 0 Å². The van der Waals surface area contributed by atoms with Crippen LogP contribution < -0.4 is 16.8 Å². The van der Waals surface area contributed by atoms with E-state index in [1.807, 2.05) is 0 Å². The second-order valence-electron chi connectivity index (χ2n) is 6.15. The topological polar surface area (TPSA) is 254 Å². The molecule has 2 amide bonds. The number of amides is 2. The number of Topliss-reactive ketones (excluding diaryl/α,β-unsaturated/α-hetero) is 1. The van der Waals surface area contributed by atoms with Crippen LogP contribution in [0.25, 0.3) is 0 Å². The summed E-state index contributed by atoms with van der Waals surface area (Å²) in [4.78, 5) is 43.2. The molecule has 13 nitrogen and oxygen atoms in total. The molecular weight excluding hydrogens is 382 g/mol. The average Bonchev–Trinajstić information content (AvgIpc) is 2.63. The van der Waals surface area contributed by atoms with E-state index in [2.05, 4.69) is 5.32 Å². The Morgan fingerprint density at radius 3 is 1.86 bits per heavy atom. The van der Waals surface area contributed by atoms with E-state index in [-0.39, 0.29) is 5.92 Å². The molecule has 0 radical (unpaired) electrons. The first kappa shape index (κ1) is 28.1. The van der Waals surface area contributed by atoms with Crippen molar-refractivity contribution >= 4 is 23.6 Å². The van der Waals surface area contributed by atoms with Crippen molar-refractivity contribution in [1.82, 2.24) is 5.32 Å². The van der Waals surface area contributed by atoms with E-state index >= 15 is 0 Å². The SMILES string of the molecule is CC(C)C(N)C(=O)NC(CC(N)=O)C(=O)O.O=C(CO)C(O)C(O)C(O)CO. The molecule has 0 aliphatic heterocycles. The molecule has 0 rings (SSSR count). The van der Waals surface area contributed by atoms with Gasteiger partial charge in [-0.05, 0) is 5.92 Å². The molecular formula is C15H29N3O10. The van der Waals surface area contributed by atoms with E-state index in [0.29, 0.717) is 0 Å². The van der Waals surface area contributed by atoms with E-state index in [1.54, 1.807) is 13.8 Å². The number of aliphatic hydroxyl groups excluding tert-OH is 5. The zero-order chi connectivity index (χ0) is 22.6. The first-order valence-electron chi connectivity index (χ1n) is 8.15. The number of primary amides is 1. The first-order valence-corrected chi connectivity index (χ1v) is 8.15. The summed E-state index contributed by atoms with van der Waals surface area (Å²) < 4.78 is 0. The molecule has 28 heavy (non-hydrogen) atoms.